The molecule has 10 rings (SSSR count). The summed E-state index contributed by atoms with van der Waals surface area (Å²) in [5, 5.41) is 37.3. The van der Waals surface area contributed by atoms with Crippen LogP contribution in [0.4, 0.5) is 11.4 Å². The number of phenolic OH excluding ortho intramolecular Hbond substituents is 4. The fourth-order valence-corrected chi connectivity index (χ4v) is 11.9. The van der Waals surface area contributed by atoms with E-state index >= 15 is 0 Å². The van der Waals surface area contributed by atoms with Gasteiger partial charge in [-0.3, -0.25) is 9.44 Å². The van der Waals surface area contributed by atoms with Gasteiger partial charge in [-0.15, -0.1) is 0 Å². The minimum Gasteiger partial charge on any atom is -0.508 e. The lowest BCUT2D eigenvalue weighted by Gasteiger charge is -2.25. The molecule has 0 saturated carbocycles. The molecule has 62 heavy (non-hydrogen) atoms. The molecule has 0 aliphatic carbocycles. The maximum Gasteiger partial charge on any atom is 0.238 e. The molecule has 6 N–H and O–H groups in total. The van der Waals surface area contributed by atoms with Gasteiger partial charge in [0, 0.05) is 11.4 Å². The molecule has 6 atom stereocenters. The van der Waals surface area contributed by atoms with Gasteiger partial charge in [-0.1, -0.05) is 84.9 Å². The Morgan fingerprint density at radius 1 is 0.387 bits per heavy atom. The van der Waals surface area contributed by atoms with Crippen LogP contribution in [0.1, 0.15) is 35.1 Å². The maximum atomic E-state index is 13.2. The van der Waals surface area contributed by atoms with Crippen LogP contribution in [0.3, 0.4) is 0 Å². The van der Waals surface area contributed by atoms with Gasteiger partial charge < -0.3 is 29.9 Å². The van der Waals surface area contributed by atoms with E-state index in [1.807, 2.05) is 12.1 Å². The molecule has 0 radical (unpaired) electrons. The Balaban J connectivity index is 0.000000158. The number of hydrogen-bond acceptors (Lipinski definition) is 10. The molecule has 14 heteroatoms. The summed E-state index contributed by atoms with van der Waals surface area (Å²) < 4.78 is 70.6. The summed E-state index contributed by atoms with van der Waals surface area (Å²) in [5.41, 5.74) is 7.80. The minimum atomic E-state index is -3.70. The lowest BCUT2D eigenvalue weighted by molar-refractivity contribution is 0.128. The van der Waals surface area contributed by atoms with Crippen molar-refractivity contribution in [3.63, 3.8) is 0 Å². The van der Waals surface area contributed by atoms with Crippen molar-refractivity contribution < 1.29 is 46.7 Å². The summed E-state index contributed by atoms with van der Waals surface area (Å²) in [6.07, 6.45) is -1.36. The number of para-hydroxylation sites is 2. The number of ether oxygens (including phenoxy) is 2. The van der Waals surface area contributed by atoms with Crippen molar-refractivity contribution in [2.24, 2.45) is 0 Å². The van der Waals surface area contributed by atoms with E-state index < -0.39 is 42.8 Å². The number of nitrogens with one attached hydrogen (secondary N) is 2. The first-order valence-electron chi connectivity index (χ1n) is 19.9. The van der Waals surface area contributed by atoms with Crippen molar-refractivity contribution in [1.82, 2.24) is 0 Å². The summed E-state index contributed by atoms with van der Waals surface area (Å²) in [6, 6.07) is 44.6. The molecule has 0 amide bonds. The highest BCUT2D eigenvalue weighted by Gasteiger charge is 2.54. The zero-order valence-electron chi connectivity index (χ0n) is 32.9. The quantitative estimate of drug-likeness (QED) is 0.0787. The zero-order chi connectivity index (χ0) is 43.2. The Bertz CT molecular complexity index is 2670. The average molecular weight is 871 g/mol. The molecule has 6 aromatic rings. The predicted molar refractivity (Wildman–Crippen MR) is 238 cm³/mol. The second-order valence-electron chi connectivity index (χ2n) is 15.5. The molecule has 316 valence electrons. The van der Waals surface area contributed by atoms with Crippen LogP contribution in [0.25, 0.3) is 22.3 Å². The van der Waals surface area contributed by atoms with Crippen LogP contribution in [-0.2, 0) is 29.5 Å². The standard InChI is InChI=1S/2C24H21NO5S/c2*26-18-10-6-15(7-11-18)22-20-14-21(31(28,29)25-17-4-2-1-3-5-17)24(30-20)23(22)16-8-12-19(27)13-9-16/h2*1-13,20-21,24-27H,14H2/t2*20-,21+,24+/m10/s1. The molecule has 0 aromatic heterocycles. The Morgan fingerprint density at radius 2 is 0.661 bits per heavy atom. The van der Waals surface area contributed by atoms with Crippen molar-refractivity contribution in [2.75, 3.05) is 9.44 Å². The molecule has 2 saturated heterocycles. The Labute approximate surface area is 359 Å². The molecule has 4 bridgehead atoms. The monoisotopic (exact) mass is 870 g/mol. The molecule has 4 aliphatic rings. The molecule has 0 unspecified atom stereocenters. The SMILES string of the molecule is O=S(=O)(Nc1ccccc1)[C@@H]1C[C@@H]2O[C@H]1C(c1ccc(O)cc1)=C2c1ccc(O)cc1.O=S(=O)(Nc1ccccc1)[C@H]1C[C@H]2O[C@@H]1C(c1ccc(O)cc1)=C2c1ccc(O)cc1. The normalized spacial score (nSPS) is 22.6. The number of rotatable bonds is 10. The van der Waals surface area contributed by atoms with Crippen LogP contribution < -0.4 is 9.44 Å². The van der Waals surface area contributed by atoms with E-state index in [0.717, 1.165) is 44.5 Å². The van der Waals surface area contributed by atoms with Gasteiger partial charge in [-0.05, 0) is 130 Å². The number of aromatic hydroxyl groups is 4. The van der Waals surface area contributed by atoms with Gasteiger partial charge in [0.25, 0.3) is 0 Å². The summed E-state index contributed by atoms with van der Waals surface area (Å²) in [6.45, 7) is 0. The van der Waals surface area contributed by atoms with Gasteiger partial charge >= 0.3 is 0 Å². The minimum absolute atomic E-state index is 0.134. The van der Waals surface area contributed by atoms with Gasteiger partial charge in [0.2, 0.25) is 20.0 Å². The van der Waals surface area contributed by atoms with E-state index in [4.69, 9.17) is 9.47 Å². The van der Waals surface area contributed by atoms with Crippen molar-refractivity contribution in [2.45, 2.75) is 47.8 Å². The third kappa shape index (κ3) is 8.00. The number of anilines is 2. The largest absolute Gasteiger partial charge is 0.508 e. The number of sulfonamides is 2. The van der Waals surface area contributed by atoms with Crippen LogP contribution in [0.5, 0.6) is 23.0 Å². The summed E-state index contributed by atoms with van der Waals surface area (Å²) in [4.78, 5) is 0. The van der Waals surface area contributed by atoms with E-state index in [-0.39, 0.29) is 35.2 Å². The summed E-state index contributed by atoms with van der Waals surface area (Å²) >= 11 is 0. The first-order valence-corrected chi connectivity index (χ1v) is 23.0. The lowest BCUT2D eigenvalue weighted by atomic mass is 9.83. The fraction of sp³-hybridized carbons (Fsp3) is 0.167. The van der Waals surface area contributed by atoms with Crippen LogP contribution in [-0.4, -0.2) is 72.2 Å². The second kappa shape index (κ2) is 16.4. The number of hydrogen-bond donors (Lipinski definition) is 6. The van der Waals surface area contributed by atoms with Gasteiger partial charge in [0.1, 0.15) is 45.7 Å². The maximum absolute atomic E-state index is 13.2. The second-order valence-corrected chi connectivity index (χ2v) is 19.3. The van der Waals surface area contributed by atoms with Gasteiger partial charge in [-0.2, -0.15) is 0 Å². The van der Waals surface area contributed by atoms with Gasteiger partial charge in [0.05, 0.1) is 12.2 Å². The van der Waals surface area contributed by atoms with Gasteiger partial charge in [0.15, 0.2) is 0 Å². The third-order valence-corrected chi connectivity index (χ3v) is 15.1. The highest BCUT2D eigenvalue weighted by atomic mass is 32.2. The summed E-state index contributed by atoms with van der Waals surface area (Å²) in [7, 11) is -7.41. The molecule has 0 spiro atoms. The lowest BCUT2D eigenvalue weighted by Crippen LogP contribution is -2.36. The van der Waals surface area contributed by atoms with E-state index in [1.54, 1.807) is 146 Å². The smallest absolute Gasteiger partial charge is 0.238 e. The number of phenols is 4. The van der Waals surface area contributed by atoms with Crippen molar-refractivity contribution in [3.8, 4) is 23.0 Å². The molecule has 6 aromatic carbocycles. The Kier molecular flexibility index (Phi) is 10.8. The molecule has 4 aliphatic heterocycles. The molecule has 2 fully saturated rings. The molecular formula is C48H42N2O10S2. The first-order chi connectivity index (χ1) is 29.8. The Hall–Kier alpha value is -6.58. The predicted octanol–water partition coefficient (Wildman–Crippen LogP) is 7.98. The fourth-order valence-electron chi connectivity index (χ4n) is 8.80. The summed E-state index contributed by atoms with van der Waals surface area (Å²) in [5.74, 6) is 0.586. The van der Waals surface area contributed by atoms with Crippen molar-refractivity contribution >= 4 is 53.7 Å². The van der Waals surface area contributed by atoms with Gasteiger partial charge in [-0.25, -0.2) is 16.8 Å². The zero-order valence-corrected chi connectivity index (χ0v) is 34.6. The van der Waals surface area contributed by atoms with Crippen LogP contribution >= 0.6 is 0 Å². The van der Waals surface area contributed by atoms with E-state index in [0.29, 0.717) is 24.2 Å². The van der Waals surface area contributed by atoms with E-state index in [1.165, 1.54) is 0 Å². The topological polar surface area (TPSA) is 192 Å². The van der Waals surface area contributed by atoms with Crippen molar-refractivity contribution in [3.05, 3.63) is 180 Å². The van der Waals surface area contributed by atoms with E-state index in [2.05, 4.69) is 9.44 Å². The average Bonchev–Trinajstić information content (AvgIpc) is 4.07. The van der Waals surface area contributed by atoms with Crippen LogP contribution in [0.2, 0.25) is 0 Å². The van der Waals surface area contributed by atoms with Crippen molar-refractivity contribution in [1.29, 1.82) is 0 Å². The number of fused-ring (bicyclic) bond motifs is 4. The Morgan fingerprint density at radius 3 is 0.952 bits per heavy atom. The highest BCUT2D eigenvalue weighted by molar-refractivity contribution is 7.93. The highest BCUT2D eigenvalue weighted by Crippen LogP contribution is 2.52. The van der Waals surface area contributed by atoms with E-state index in [9.17, 15) is 37.3 Å². The molecule has 12 nitrogen and oxygen atoms in total. The van der Waals surface area contributed by atoms with Crippen LogP contribution in [0.15, 0.2) is 158 Å². The number of benzene rings is 6. The first kappa shape index (κ1) is 40.8. The molecule has 4 heterocycles. The third-order valence-electron chi connectivity index (χ3n) is 11.6. The molecular weight excluding hydrogens is 829 g/mol. The van der Waals surface area contributed by atoms with Crippen LogP contribution in [0, 0.1) is 0 Å².